The van der Waals surface area contributed by atoms with E-state index in [0.29, 0.717) is 0 Å². The zero-order valence-corrected chi connectivity index (χ0v) is 15.3. The van der Waals surface area contributed by atoms with Crippen molar-refractivity contribution in [2.75, 3.05) is 47.0 Å². The Labute approximate surface area is 145 Å². The maximum Gasteiger partial charge on any atom is 0.161 e. The number of rotatable bonds is 6. The molecule has 0 radical (unpaired) electrons. The lowest BCUT2D eigenvalue weighted by Gasteiger charge is -2.43. The van der Waals surface area contributed by atoms with Crippen molar-refractivity contribution in [3.63, 3.8) is 0 Å². The van der Waals surface area contributed by atoms with Gasteiger partial charge in [0.25, 0.3) is 0 Å². The van der Waals surface area contributed by atoms with Crippen LogP contribution in [0.3, 0.4) is 0 Å². The van der Waals surface area contributed by atoms with E-state index < -0.39 is 0 Å². The molecule has 1 fully saturated rings. The maximum atomic E-state index is 9.89. The van der Waals surface area contributed by atoms with Gasteiger partial charge in [-0.25, -0.2) is 0 Å². The maximum absolute atomic E-state index is 9.89. The van der Waals surface area contributed by atoms with Crippen LogP contribution in [0.2, 0.25) is 0 Å². The van der Waals surface area contributed by atoms with E-state index in [1.165, 1.54) is 0 Å². The first-order valence-electron chi connectivity index (χ1n) is 7.81. The van der Waals surface area contributed by atoms with Crippen molar-refractivity contribution in [2.45, 2.75) is 19.9 Å². The Bertz CT molecular complexity index is 491. The van der Waals surface area contributed by atoms with Crippen LogP contribution in [0.5, 0.6) is 11.5 Å². The number of aliphatic hydroxyl groups is 1. The van der Waals surface area contributed by atoms with Crippen LogP contribution in [0, 0.1) is 5.41 Å². The number of halogens is 1. The van der Waals surface area contributed by atoms with Gasteiger partial charge in [-0.1, -0.05) is 19.9 Å². The van der Waals surface area contributed by atoms with Crippen LogP contribution in [-0.2, 0) is 0 Å². The summed E-state index contributed by atoms with van der Waals surface area (Å²) in [5, 5.41) is 13.3. The predicted octanol–water partition coefficient (Wildman–Crippen LogP) is 2.09. The summed E-state index contributed by atoms with van der Waals surface area (Å²) in [5.41, 5.74) is 0.912. The predicted molar refractivity (Wildman–Crippen MR) is 94.8 cm³/mol. The van der Waals surface area contributed by atoms with E-state index in [2.05, 4.69) is 30.1 Å². The van der Waals surface area contributed by atoms with Gasteiger partial charge in [0.15, 0.2) is 11.5 Å². The highest BCUT2D eigenvalue weighted by Gasteiger charge is 2.36. The molecule has 23 heavy (non-hydrogen) atoms. The Morgan fingerprint density at radius 3 is 2.30 bits per heavy atom. The normalized spacial score (nSPS) is 17.3. The Kier molecular flexibility index (Phi) is 7.61. The van der Waals surface area contributed by atoms with Crippen molar-refractivity contribution in [1.82, 2.24) is 10.2 Å². The number of methoxy groups -OCH3 is 2. The van der Waals surface area contributed by atoms with Crippen LogP contribution in [0.4, 0.5) is 0 Å². The molecule has 1 heterocycles. The van der Waals surface area contributed by atoms with Gasteiger partial charge in [-0.2, -0.15) is 0 Å². The van der Waals surface area contributed by atoms with E-state index in [9.17, 15) is 5.11 Å². The number of hydrogen-bond donors (Lipinski definition) is 2. The Balaban J connectivity index is 0.00000264. The average molecular weight is 345 g/mol. The summed E-state index contributed by atoms with van der Waals surface area (Å²) in [6.45, 7) is 8.25. The number of nitrogens with zero attached hydrogens (tertiary/aromatic N) is 1. The van der Waals surface area contributed by atoms with Crippen LogP contribution in [-0.4, -0.2) is 57.0 Å². The van der Waals surface area contributed by atoms with E-state index in [0.717, 1.165) is 43.2 Å². The molecule has 0 unspecified atom stereocenters. The molecule has 0 spiro atoms. The van der Waals surface area contributed by atoms with Crippen molar-refractivity contribution in [3.05, 3.63) is 23.8 Å². The first-order valence-corrected chi connectivity index (χ1v) is 7.81. The second-order valence-corrected chi connectivity index (χ2v) is 6.45. The summed E-state index contributed by atoms with van der Waals surface area (Å²) in [6, 6.07) is 6.19. The average Bonchev–Trinajstić information content (AvgIpc) is 2.55. The Morgan fingerprint density at radius 2 is 1.78 bits per heavy atom. The number of nitrogens with one attached hydrogen (secondary N) is 1. The first-order chi connectivity index (χ1) is 10.5. The second-order valence-electron chi connectivity index (χ2n) is 6.45. The molecule has 0 aliphatic carbocycles. The lowest BCUT2D eigenvalue weighted by Crippen LogP contribution is -2.49. The summed E-state index contributed by atoms with van der Waals surface area (Å²) in [6.07, 6.45) is 0. The van der Waals surface area contributed by atoms with Gasteiger partial charge >= 0.3 is 0 Å². The largest absolute Gasteiger partial charge is 0.493 e. The van der Waals surface area contributed by atoms with Crippen LogP contribution < -0.4 is 14.8 Å². The van der Waals surface area contributed by atoms with Crippen LogP contribution in [0.15, 0.2) is 18.2 Å². The minimum atomic E-state index is -0.239. The van der Waals surface area contributed by atoms with Crippen LogP contribution in [0.25, 0.3) is 0 Å². The number of aliphatic hydroxyl groups excluding tert-OH is 1. The smallest absolute Gasteiger partial charge is 0.161 e. The quantitative estimate of drug-likeness (QED) is 0.827. The Morgan fingerprint density at radius 1 is 1.17 bits per heavy atom. The van der Waals surface area contributed by atoms with E-state index >= 15 is 0 Å². The van der Waals surface area contributed by atoms with E-state index in [-0.39, 0.29) is 30.5 Å². The fourth-order valence-electron chi connectivity index (χ4n) is 3.21. The number of ether oxygens (including phenoxy) is 2. The molecule has 1 aromatic carbocycles. The van der Waals surface area contributed by atoms with Gasteiger partial charge in [-0.05, 0) is 17.7 Å². The summed E-state index contributed by atoms with van der Waals surface area (Å²) in [5.74, 6) is 1.46. The molecule has 0 bridgehead atoms. The van der Waals surface area contributed by atoms with Crippen LogP contribution >= 0.6 is 12.4 Å². The van der Waals surface area contributed by atoms with Crippen LogP contribution in [0.1, 0.15) is 25.5 Å². The van der Waals surface area contributed by atoms with Crippen molar-refractivity contribution < 1.29 is 14.6 Å². The zero-order valence-electron chi connectivity index (χ0n) is 14.5. The van der Waals surface area contributed by atoms with Gasteiger partial charge in [0, 0.05) is 44.2 Å². The molecule has 1 atom stereocenters. The first kappa shape index (κ1) is 20.0. The summed E-state index contributed by atoms with van der Waals surface area (Å²) >= 11 is 0. The molecule has 1 aliphatic rings. The highest BCUT2D eigenvalue weighted by Crippen LogP contribution is 2.41. The third-order valence-corrected chi connectivity index (χ3v) is 4.39. The van der Waals surface area contributed by atoms with Crippen molar-refractivity contribution in [3.8, 4) is 11.5 Å². The van der Waals surface area contributed by atoms with Crippen molar-refractivity contribution >= 4 is 12.4 Å². The molecule has 0 aromatic heterocycles. The minimum absolute atomic E-state index is 0. The third-order valence-electron chi connectivity index (χ3n) is 4.39. The molecule has 5 nitrogen and oxygen atoms in total. The summed E-state index contributed by atoms with van der Waals surface area (Å²) in [4.78, 5) is 2.44. The molecule has 132 valence electrons. The van der Waals surface area contributed by atoms with Gasteiger partial charge in [0.1, 0.15) is 0 Å². The molecular weight excluding hydrogens is 316 g/mol. The van der Waals surface area contributed by atoms with Gasteiger partial charge in [-0.3, -0.25) is 4.90 Å². The number of hydrogen-bond acceptors (Lipinski definition) is 5. The molecule has 1 aliphatic heterocycles. The summed E-state index contributed by atoms with van der Waals surface area (Å²) < 4.78 is 10.8. The molecule has 6 heteroatoms. The van der Waals surface area contributed by atoms with E-state index in [1.54, 1.807) is 14.2 Å². The zero-order chi connectivity index (χ0) is 16.2. The molecule has 1 saturated heterocycles. The molecule has 2 N–H and O–H groups in total. The molecule has 0 saturated carbocycles. The number of piperazine rings is 1. The molecule has 2 rings (SSSR count). The standard InChI is InChI=1S/C17H28N2O3.ClH/c1-17(2,12-20)16(19-9-7-18-8-10-19)13-5-6-14(21-3)15(11-13)22-4;/h5-6,11,16,18,20H,7-10,12H2,1-4H3;1H/t16-;/m0./s1. The van der Waals surface area contributed by atoms with Gasteiger partial charge in [0.2, 0.25) is 0 Å². The van der Waals surface area contributed by atoms with E-state index in [1.807, 2.05) is 12.1 Å². The molecule has 1 aromatic rings. The Hall–Kier alpha value is -1.01. The highest BCUT2D eigenvalue weighted by molar-refractivity contribution is 5.85. The van der Waals surface area contributed by atoms with Gasteiger partial charge in [0.05, 0.1) is 14.2 Å². The fraction of sp³-hybridized carbons (Fsp3) is 0.647. The van der Waals surface area contributed by atoms with Gasteiger partial charge in [-0.15, -0.1) is 12.4 Å². The SMILES string of the molecule is COc1ccc([C@H](N2CCNCC2)C(C)(C)CO)cc1OC.Cl. The lowest BCUT2D eigenvalue weighted by molar-refractivity contribution is 0.0304. The second kappa shape index (κ2) is 8.73. The topological polar surface area (TPSA) is 54.0 Å². The number of benzene rings is 1. The summed E-state index contributed by atoms with van der Waals surface area (Å²) in [7, 11) is 3.29. The lowest BCUT2D eigenvalue weighted by atomic mass is 9.79. The van der Waals surface area contributed by atoms with E-state index in [4.69, 9.17) is 9.47 Å². The monoisotopic (exact) mass is 344 g/mol. The van der Waals surface area contributed by atoms with Crippen molar-refractivity contribution in [1.29, 1.82) is 0 Å². The van der Waals surface area contributed by atoms with Crippen molar-refractivity contribution in [2.24, 2.45) is 5.41 Å². The highest BCUT2D eigenvalue weighted by atomic mass is 35.5. The fourth-order valence-corrected chi connectivity index (χ4v) is 3.21. The molecule has 0 amide bonds. The molecular formula is C17H29ClN2O3. The van der Waals surface area contributed by atoms with Gasteiger partial charge < -0.3 is 19.9 Å². The third kappa shape index (κ3) is 4.51. The minimum Gasteiger partial charge on any atom is -0.493 e.